The average molecular weight is 561 g/mol. The van der Waals surface area contributed by atoms with Crippen molar-refractivity contribution in [1.29, 1.82) is 0 Å². The van der Waals surface area contributed by atoms with Crippen molar-refractivity contribution in [3.63, 3.8) is 0 Å². The molecule has 1 saturated heterocycles. The summed E-state index contributed by atoms with van der Waals surface area (Å²) in [5.41, 5.74) is 7.28. The van der Waals surface area contributed by atoms with Gasteiger partial charge in [0, 0.05) is 5.56 Å². The quantitative estimate of drug-likeness (QED) is 0.241. The van der Waals surface area contributed by atoms with Crippen LogP contribution >= 0.6 is 24.0 Å². The molecule has 4 rings (SSSR count). The van der Waals surface area contributed by atoms with E-state index in [1.165, 1.54) is 5.56 Å². The van der Waals surface area contributed by atoms with Crippen molar-refractivity contribution in [3.05, 3.63) is 99.5 Å². The molecular weight excluding hydrogens is 528 g/mol. The van der Waals surface area contributed by atoms with E-state index in [0.29, 0.717) is 35.2 Å². The zero-order chi connectivity index (χ0) is 28.2. The van der Waals surface area contributed by atoms with Crippen LogP contribution in [-0.4, -0.2) is 27.8 Å². The number of hydrogen-bond acceptors (Lipinski definition) is 6. The van der Waals surface area contributed by atoms with Crippen LogP contribution in [0.4, 0.5) is 0 Å². The van der Waals surface area contributed by atoms with Crippen molar-refractivity contribution in [2.75, 3.05) is 6.61 Å². The number of hydrogen-bond donors (Lipinski definition) is 1. The molecular formula is C31H32N2O4S2. The molecule has 3 aromatic rings. The molecule has 0 unspecified atom stereocenters. The van der Waals surface area contributed by atoms with Crippen LogP contribution in [0.3, 0.4) is 0 Å². The molecule has 1 aliphatic heterocycles. The second-order valence-electron chi connectivity index (χ2n) is 10.2. The fourth-order valence-electron chi connectivity index (χ4n) is 3.85. The summed E-state index contributed by atoms with van der Waals surface area (Å²) in [6.45, 7) is 11.3. The van der Waals surface area contributed by atoms with Crippen LogP contribution in [0.5, 0.6) is 11.5 Å². The van der Waals surface area contributed by atoms with Crippen molar-refractivity contribution < 1.29 is 19.1 Å². The van der Waals surface area contributed by atoms with Crippen LogP contribution in [0.1, 0.15) is 60.3 Å². The summed E-state index contributed by atoms with van der Waals surface area (Å²) in [5, 5.41) is 1.11. The molecule has 1 aliphatic rings. The highest BCUT2D eigenvalue weighted by atomic mass is 32.2. The first-order valence-corrected chi connectivity index (χ1v) is 13.9. The number of ether oxygens (including phenoxy) is 2. The minimum atomic E-state index is -0.402. The lowest BCUT2D eigenvalue weighted by atomic mass is 9.87. The van der Waals surface area contributed by atoms with Gasteiger partial charge in [-0.1, -0.05) is 80.6 Å². The summed E-state index contributed by atoms with van der Waals surface area (Å²) in [6, 6.07) is 21.0. The molecule has 3 aromatic carbocycles. The smallest absolute Gasteiger partial charge is 0.285 e. The van der Waals surface area contributed by atoms with Gasteiger partial charge >= 0.3 is 0 Å². The third-order valence-corrected chi connectivity index (χ3v) is 7.40. The fraction of sp³-hybridized carbons (Fsp3) is 0.258. The van der Waals surface area contributed by atoms with Crippen LogP contribution < -0.4 is 14.9 Å². The minimum Gasteiger partial charge on any atom is -0.490 e. The predicted molar refractivity (Wildman–Crippen MR) is 161 cm³/mol. The third kappa shape index (κ3) is 7.07. The molecule has 8 heteroatoms. The Labute approximate surface area is 239 Å². The number of carbonyl (C=O) groups excluding carboxylic acids is 2. The Morgan fingerprint density at radius 1 is 1.00 bits per heavy atom. The number of thiocarbonyl (C=S) groups is 1. The number of benzene rings is 3. The summed E-state index contributed by atoms with van der Waals surface area (Å²) < 4.78 is 12.2. The Morgan fingerprint density at radius 2 is 1.69 bits per heavy atom. The zero-order valence-electron chi connectivity index (χ0n) is 22.7. The Bertz CT molecular complexity index is 1410. The van der Waals surface area contributed by atoms with E-state index in [1.54, 1.807) is 18.2 Å². The zero-order valence-corrected chi connectivity index (χ0v) is 24.4. The molecule has 0 saturated carbocycles. The van der Waals surface area contributed by atoms with Gasteiger partial charge in [0.25, 0.3) is 11.8 Å². The first kappa shape index (κ1) is 28.4. The summed E-state index contributed by atoms with van der Waals surface area (Å²) in [5.74, 6) is 0.413. The Morgan fingerprint density at radius 3 is 2.33 bits per heavy atom. The lowest BCUT2D eigenvalue weighted by molar-refractivity contribution is -0.123. The van der Waals surface area contributed by atoms with E-state index in [1.807, 2.05) is 44.2 Å². The van der Waals surface area contributed by atoms with Crippen LogP contribution in [0, 0.1) is 6.92 Å². The number of rotatable bonds is 8. The van der Waals surface area contributed by atoms with Crippen molar-refractivity contribution in [2.45, 2.75) is 46.6 Å². The molecule has 0 bridgehead atoms. The Balaban J connectivity index is 1.46. The van der Waals surface area contributed by atoms with E-state index < -0.39 is 5.91 Å². The van der Waals surface area contributed by atoms with Gasteiger partial charge in [0.2, 0.25) is 0 Å². The lowest BCUT2D eigenvalue weighted by Gasteiger charge is -2.19. The van der Waals surface area contributed by atoms with Crippen LogP contribution in [-0.2, 0) is 16.8 Å². The van der Waals surface area contributed by atoms with E-state index in [4.69, 9.17) is 21.7 Å². The van der Waals surface area contributed by atoms with E-state index in [9.17, 15) is 9.59 Å². The maximum atomic E-state index is 13.0. The number of nitrogens with one attached hydrogen (secondary N) is 1. The molecule has 1 N–H and O–H groups in total. The van der Waals surface area contributed by atoms with Gasteiger partial charge in [0.15, 0.2) is 15.8 Å². The summed E-state index contributed by atoms with van der Waals surface area (Å²) in [7, 11) is 0. The topological polar surface area (TPSA) is 67.9 Å². The monoisotopic (exact) mass is 560 g/mol. The van der Waals surface area contributed by atoms with Gasteiger partial charge in [-0.15, -0.1) is 0 Å². The minimum absolute atomic E-state index is 0.0955. The third-order valence-electron chi connectivity index (χ3n) is 6.10. The summed E-state index contributed by atoms with van der Waals surface area (Å²) >= 11 is 6.50. The number of hydrazine groups is 1. The highest BCUT2D eigenvalue weighted by Gasteiger charge is 2.33. The highest BCUT2D eigenvalue weighted by molar-refractivity contribution is 8.26. The van der Waals surface area contributed by atoms with Crippen LogP contribution in [0.15, 0.2) is 71.6 Å². The molecule has 0 radical (unpaired) electrons. The second-order valence-corrected chi connectivity index (χ2v) is 11.9. The molecule has 0 aromatic heterocycles. The molecule has 1 fully saturated rings. The van der Waals surface area contributed by atoms with Crippen molar-refractivity contribution in [3.8, 4) is 11.5 Å². The largest absolute Gasteiger partial charge is 0.490 e. The number of aryl methyl sites for hydroxylation is 1. The maximum absolute atomic E-state index is 13.0. The number of amides is 2. The first-order valence-electron chi connectivity index (χ1n) is 12.7. The molecule has 39 heavy (non-hydrogen) atoms. The fourth-order valence-corrected chi connectivity index (χ4v) is 5.03. The van der Waals surface area contributed by atoms with Gasteiger partial charge in [-0.2, -0.15) is 5.01 Å². The number of thioether (sulfide) groups is 1. The lowest BCUT2D eigenvalue weighted by Crippen LogP contribution is -2.44. The first-order chi connectivity index (χ1) is 18.5. The van der Waals surface area contributed by atoms with Crippen molar-refractivity contribution >= 4 is 46.2 Å². The Hall–Kier alpha value is -3.62. The normalized spacial score (nSPS) is 14.6. The number of nitrogens with zero attached hydrogens (tertiary/aromatic N) is 1. The van der Waals surface area contributed by atoms with Gasteiger partial charge in [-0.25, -0.2) is 0 Å². The van der Waals surface area contributed by atoms with Crippen LogP contribution in [0.2, 0.25) is 0 Å². The number of carbonyl (C=O) groups is 2. The van der Waals surface area contributed by atoms with Gasteiger partial charge in [-0.3, -0.25) is 15.0 Å². The SMILES string of the molecule is CCOc1cc(/C=C2/SC(=S)N(NC(=O)c3ccc(C)cc3)C2=O)ccc1OCc1ccc(C(C)(C)C)cc1. The van der Waals surface area contributed by atoms with Gasteiger partial charge < -0.3 is 9.47 Å². The predicted octanol–water partition coefficient (Wildman–Crippen LogP) is 6.82. The standard InChI is InChI=1S/C31H32N2O4S2/c1-6-36-26-17-22(11-16-25(26)37-19-21-9-14-24(15-10-21)31(3,4)5)18-27-29(35)33(30(38)39-27)32-28(34)23-12-7-20(2)8-13-23/h7-18H,6,19H2,1-5H3,(H,32,34)/b27-18+. The van der Waals surface area contributed by atoms with Gasteiger partial charge in [0.1, 0.15) is 6.61 Å². The molecule has 2 amide bonds. The molecule has 0 atom stereocenters. The van der Waals surface area contributed by atoms with Gasteiger partial charge in [0.05, 0.1) is 11.5 Å². The van der Waals surface area contributed by atoms with Gasteiger partial charge in [-0.05, 0) is 78.5 Å². The van der Waals surface area contributed by atoms with Crippen molar-refractivity contribution in [1.82, 2.24) is 10.4 Å². The molecule has 6 nitrogen and oxygen atoms in total. The summed E-state index contributed by atoms with van der Waals surface area (Å²) in [4.78, 5) is 26.1. The molecule has 1 heterocycles. The molecule has 0 aliphatic carbocycles. The van der Waals surface area contributed by atoms with E-state index in [0.717, 1.165) is 33.5 Å². The van der Waals surface area contributed by atoms with E-state index in [-0.39, 0.29) is 15.6 Å². The highest BCUT2D eigenvalue weighted by Crippen LogP contribution is 2.35. The second kappa shape index (κ2) is 12.1. The van der Waals surface area contributed by atoms with Crippen molar-refractivity contribution in [2.24, 2.45) is 0 Å². The molecule has 202 valence electrons. The molecule has 0 spiro atoms. The summed E-state index contributed by atoms with van der Waals surface area (Å²) in [6.07, 6.45) is 1.73. The Kier molecular flexibility index (Phi) is 8.77. The average Bonchev–Trinajstić information content (AvgIpc) is 3.15. The maximum Gasteiger partial charge on any atom is 0.285 e. The van der Waals surface area contributed by atoms with Crippen LogP contribution in [0.25, 0.3) is 6.08 Å². The van der Waals surface area contributed by atoms with E-state index >= 15 is 0 Å². The van der Waals surface area contributed by atoms with E-state index in [2.05, 4.69) is 50.5 Å².